The SMILES string of the molecule is CCCc1c(C(=O)N/N=C/c2ccc(CC)cc2)nnn1-c1nonc1N. The number of hydrazone groups is 1. The average molecular weight is 368 g/mol. The second-order valence-electron chi connectivity index (χ2n) is 5.81. The Morgan fingerprint density at radius 1 is 1.30 bits per heavy atom. The summed E-state index contributed by atoms with van der Waals surface area (Å²) in [7, 11) is 0. The Bertz CT molecular complexity index is 942. The molecule has 3 N–H and O–H groups in total. The van der Waals surface area contributed by atoms with Crippen molar-refractivity contribution in [2.45, 2.75) is 33.1 Å². The molecule has 0 unspecified atom stereocenters. The summed E-state index contributed by atoms with van der Waals surface area (Å²) in [5.74, 6) is -0.205. The van der Waals surface area contributed by atoms with Crippen LogP contribution < -0.4 is 11.2 Å². The molecule has 0 saturated heterocycles. The number of nitrogen functional groups attached to an aromatic ring is 1. The van der Waals surface area contributed by atoms with E-state index in [4.69, 9.17) is 5.73 Å². The minimum Gasteiger partial charge on any atom is -0.378 e. The lowest BCUT2D eigenvalue weighted by Gasteiger charge is -2.03. The van der Waals surface area contributed by atoms with E-state index in [-0.39, 0.29) is 17.3 Å². The fraction of sp³-hybridized carbons (Fsp3) is 0.294. The molecule has 3 rings (SSSR count). The monoisotopic (exact) mass is 368 g/mol. The summed E-state index contributed by atoms with van der Waals surface area (Å²) < 4.78 is 5.95. The van der Waals surface area contributed by atoms with Crippen LogP contribution in [0.1, 0.15) is 47.6 Å². The van der Waals surface area contributed by atoms with Gasteiger partial charge in [-0.05, 0) is 34.3 Å². The zero-order chi connectivity index (χ0) is 19.2. The van der Waals surface area contributed by atoms with Crippen LogP contribution in [-0.2, 0) is 12.8 Å². The van der Waals surface area contributed by atoms with Gasteiger partial charge in [-0.15, -0.1) is 5.10 Å². The smallest absolute Gasteiger partial charge is 0.293 e. The topological polar surface area (TPSA) is 137 Å². The van der Waals surface area contributed by atoms with Crippen molar-refractivity contribution in [1.29, 1.82) is 0 Å². The van der Waals surface area contributed by atoms with E-state index in [1.807, 2.05) is 31.2 Å². The van der Waals surface area contributed by atoms with Crippen LogP contribution >= 0.6 is 0 Å². The number of hydrogen-bond donors (Lipinski definition) is 2. The van der Waals surface area contributed by atoms with Gasteiger partial charge in [0.2, 0.25) is 11.6 Å². The number of nitrogens with one attached hydrogen (secondary N) is 1. The Morgan fingerprint density at radius 3 is 2.70 bits per heavy atom. The standard InChI is InChI=1S/C17H20N8O2/c1-3-5-13-14(20-24-25(13)16-15(18)22-27-23-16)17(26)21-19-10-12-8-6-11(4-2)7-9-12/h6-10H,3-5H2,1-2H3,(H2,18,22)(H,21,26)/b19-10+. The van der Waals surface area contributed by atoms with Crippen LogP contribution in [0.4, 0.5) is 5.82 Å². The summed E-state index contributed by atoms with van der Waals surface area (Å²) >= 11 is 0. The fourth-order valence-corrected chi connectivity index (χ4v) is 2.50. The van der Waals surface area contributed by atoms with Crippen molar-refractivity contribution in [2.75, 3.05) is 5.73 Å². The highest BCUT2D eigenvalue weighted by Gasteiger charge is 2.23. The average Bonchev–Trinajstić information content (AvgIpc) is 3.28. The Morgan fingerprint density at radius 2 is 2.07 bits per heavy atom. The predicted molar refractivity (Wildman–Crippen MR) is 98.5 cm³/mol. The van der Waals surface area contributed by atoms with Gasteiger partial charge in [-0.2, -0.15) is 9.78 Å². The largest absolute Gasteiger partial charge is 0.378 e. The van der Waals surface area contributed by atoms with Gasteiger partial charge in [-0.25, -0.2) is 10.1 Å². The highest BCUT2D eigenvalue weighted by molar-refractivity contribution is 5.94. The molecule has 1 amide bonds. The number of nitrogens with zero attached hydrogens (tertiary/aromatic N) is 6. The quantitative estimate of drug-likeness (QED) is 0.476. The maximum absolute atomic E-state index is 12.5. The van der Waals surface area contributed by atoms with Crippen molar-refractivity contribution >= 4 is 17.9 Å². The van der Waals surface area contributed by atoms with E-state index >= 15 is 0 Å². The molecule has 2 aromatic heterocycles. The van der Waals surface area contributed by atoms with Gasteiger partial charge in [0.25, 0.3) is 5.91 Å². The van der Waals surface area contributed by atoms with Crippen molar-refractivity contribution in [3.8, 4) is 5.82 Å². The highest BCUT2D eigenvalue weighted by atomic mass is 16.6. The first-order valence-electron chi connectivity index (χ1n) is 8.59. The fourth-order valence-electron chi connectivity index (χ4n) is 2.50. The Kier molecular flexibility index (Phi) is 5.55. The molecule has 10 nitrogen and oxygen atoms in total. The minimum absolute atomic E-state index is 0.0674. The molecule has 10 heteroatoms. The van der Waals surface area contributed by atoms with Gasteiger partial charge in [-0.3, -0.25) is 4.79 Å². The van der Waals surface area contributed by atoms with Gasteiger partial charge in [0.05, 0.1) is 11.9 Å². The number of carbonyl (C=O) groups excluding carboxylic acids is 1. The Hall–Kier alpha value is -3.56. The number of benzene rings is 1. The van der Waals surface area contributed by atoms with Gasteiger partial charge < -0.3 is 5.73 Å². The molecule has 27 heavy (non-hydrogen) atoms. The zero-order valence-electron chi connectivity index (χ0n) is 15.1. The maximum atomic E-state index is 12.5. The number of anilines is 1. The first kappa shape index (κ1) is 18.2. The van der Waals surface area contributed by atoms with E-state index in [9.17, 15) is 4.79 Å². The van der Waals surface area contributed by atoms with Crippen molar-refractivity contribution in [1.82, 2.24) is 30.7 Å². The molecule has 2 heterocycles. The van der Waals surface area contributed by atoms with Crippen LogP contribution in [-0.4, -0.2) is 37.4 Å². The Balaban J connectivity index is 1.77. The van der Waals surface area contributed by atoms with Crippen molar-refractivity contribution in [3.05, 3.63) is 46.8 Å². The molecule has 0 aliphatic rings. The van der Waals surface area contributed by atoms with Crippen LogP contribution in [0.15, 0.2) is 34.0 Å². The molecule has 0 bridgehead atoms. The summed E-state index contributed by atoms with van der Waals surface area (Å²) in [4.78, 5) is 12.5. The number of aryl methyl sites for hydroxylation is 1. The number of nitrogens with two attached hydrogens (primary N) is 1. The van der Waals surface area contributed by atoms with Gasteiger partial charge in [0, 0.05) is 0 Å². The molecule has 0 atom stereocenters. The first-order chi connectivity index (χ1) is 13.1. The van der Waals surface area contributed by atoms with Crippen LogP contribution in [0.5, 0.6) is 0 Å². The number of aromatic nitrogens is 5. The molecule has 0 spiro atoms. The van der Waals surface area contributed by atoms with Crippen LogP contribution in [0.25, 0.3) is 5.82 Å². The van der Waals surface area contributed by atoms with E-state index < -0.39 is 5.91 Å². The summed E-state index contributed by atoms with van der Waals surface area (Å²) in [6.45, 7) is 4.06. The van der Waals surface area contributed by atoms with Crippen molar-refractivity contribution < 1.29 is 9.42 Å². The molecule has 0 radical (unpaired) electrons. The normalized spacial score (nSPS) is 11.2. The summed E-state index contributed by atoms with van der Waals surface area (Å²) in [5.41, 5.74) is 11.0. The highest BCUT2D eigenvalue weighted by Crippen LogP contribution is 2.17. The Labute approximate surface area is 155 Å². The number of carbonyl (C=O) groups is 1. The van der Waals surface area contributed by atoms with Crippen LogP contribution in [0.3, 0.4) is 0 Å². The molecule has 1 aromatic carbocycles. The second-order valence-corrected chi connectivity index (χ2v) is 5.81. The number of amides is 1. The lowest BCUT2D eigenvalue weighted by atomic mass is 10.1. The summed E-state index contributed by atoms with van der Waals surface area (Å²) in [6.07, 6.45) is 3.85. The van der Waals surface area contributed by atoms with E-state index in [2.05, 4.69) is 42.7 Å². The van der Waals surface area contributed by atoms with Crippen molar-refractivity contribution in [3.63, 3.8) is 0 Å². The third-order valence-electron chi connectivity index (χ3n) is 3.93. The molecule has 3 aromatic rings. The molecule has 0 aliphatic heterocycles. The third kappa shape index (κ3) is 4.00. The molecule has 0 aliphatic carbocycles. The van der Waals surface area contributed by atoms with Crippen molar-refractivity contribution in [2.24, 2.45) is 5.10 Å². The molecule has 140 valence electrons. The summed E-state index contributed by atoms with van der Waals surface area (Å²) in [6, 6.07) is 7.91. The van der Waals surface area contributed by atoms with E-state index in [0.29, 0.717) is 12.1 Å². The second kappa shape index (κ2) is 8.21. The van der Waals surface area contributed by atoms with Gasteiger partial charge in [0.1, 0.15) is 0 Å². The van der Waals surface area contributed by atoms with E-state index in [1.165, 1.54) is 10.2 Å². The zero-order valence-corrected chi connectivity index (χ0v) is 15.1. The minimum atomic E-state index is -0.471. The molecule has 0 fully saturated rings. The van der Waals surface area contributed by atoms with Crippen LogP contribution in [0, 0.1) is 0 Å². The third-order valence-corrected chi connectivity index (χ3v) is 3.93. The van der Waals surface area contributed by atoms with Crippen LogP contribution in [0.2, 0.25) is 0 Å². The lowest BCUT2D eigenvalue weighted by molar-refractivity contribution is 0.0949. The van der Waals surface area contributed by atoms with Gasteiger partial charge in [-0.1, -0.05) is 49.7 Å². The molecule has 0 saturated carbocycles. The maximum Gasteiger partial charge on any atom is 0.293 e. The lowest BCUT2D eigenvalue weighted by Crippen LogP contribution is -2.20. The van der Waals surface area contributed by atoms with Gasteiger partial charge in [0.15, 0.2) is 5.69 Å². The number of rotatable bonds is 7. The molecular weight excluding hydrogens is 348 g/mol. The first-order valence-corrected chi connectivity index (χ1v) is 8.59. The van der Waals surface area contributed by atoms with E-state index in [0.717, 1.165) is 18.4 Å². The molecular formula is C17H20N8O2. The number of hydrogen-bond acceptors (Lipinski definition) is 8. The predicted octanol–water partition coefficient (Wildman–Crippen LogP) is 1.51. The summed E-state index contributed by atoms with van der Waals surface area (Å²) in [5, 5.41) is 19.1. The van der Waals surface area contributed by atoms with Gasteiger partial charge >= 0.3 is 0 Å². The van der Waals surface area contributed by atoms with E-state index in [1.54, 1.807) is 6.21 Å².